The van der Waals surface area contributed by atoms with Gasteiger partial charge in [0, 0.05) is 23.5 Å². The molecule has 160 valence electrons. The molecule has 0 aliphatic heterocycles. The van der Waals surface area contributed by atoms with Crippen molar-refractivity contribution in [1.82, 2.24) is 9.78 Å². The summed E-state index contributed by atoms with van der Waals surface area (Å²) in [5, 5.41) is 12.5. The second-order valence-corrected chi connectivity index (χ2v) is 8.80. The molecule has 7 heteroatoms. The van der Waals surface area contributed by atoms with Gasteiger partial charge in [0.05, 0.1) is 17.0 Å². The zero-order valence-electron chi connectivity index (χ0n) is 17.3. The highest BCUT2D eigenvalue weighted by atomic mass is 32.1. The topological polar surface area (TPSA) is 76.0 Å². The van der Waals surface area contributed by atoms with Crippen molar-refractivity contribution in [2.24, 2.45) is 5.92 Å². The number of carbonyl (C=O) groups is 2. The van der Waals surface area contributed by atoms with E-state index in [1.165, 1.54) is 0 Å². The molecule has 32 heavy (non-hydrogen) atoms. The molecule has 6 nitrogen and oxygen atoms in total. The monoisotopic (exact) mass is 442 g/mol. The van der Waals surface area contributed by atoms with E-state index in [1.807, 2.05) is 66.0 Å². The quantitative estimate of drug-likeness (QED) is 0.410. The van der Waals surface area contributed by atoms with Gasteiger partial charge in [-0.15, -0.1) is 11.3 Å². The maximum atomic E-state index is 13.2. The van der Waals surface area contributed by atoms with Gasteiger partial charge in [0.2, 0.25) is 5.91 Å². The molecule has 4 aromatic rings. The van der Waals surface area contributed by atoms with E-state index >= 15 is 0 Å². The molecule has 2 aromatic heterocycles. The third kappa shape index (κ3) is 4.63. The Bertz CT molecular complexity index is 1240. The Morgan fingerprint density at radius 2 is 1.75 bits per heavy atom. The lowest BCUT2D eigenvalue weighted by Crippen LogP contribution is -2.15. The Kier molecular flexibility index (Phi) is 5.56. The molecule has 1 saturated carbocycles. The molecule has 2 heterocycles. The van der Waals surface area contributed by atoms with Crippen molar-refractivity contribution in [3.8, 4) is 10.6 Å². The van der Waals surface area contributed by atoms with E-state index in [9.17, 15) is 9.59 Å². The van der Waals surface area contributed by atoms with Gasteiger partial charge in [-0.1, -0.05) is 42.5 Å². The summed E-state index contributed by atoms with van der Waals surface area (Å²) in [4.78, 5) is 26.2. The van der Waals surface area contributed by atoms with Crippen molar-refractivity contribution in [3.63, 3.8) is 0 Å². The number of thiophene rings is 1. The first-order valence-corrected chi connectivity index (χ1v) is 11.4. The fourth-order valence-electron chi connectivity index (χ4n) is 3.50. The predicted molar refractivity (Wildman–Crippen MR) is 127 cm³/mol. The van der Waals surface area contributed by atoms with Crippen LogP contribution in [0.3, 0.4) is 0 Å². The van der Waals surface area contributed by atoms with Gasteiger partial charge in [-0.2, -0.15) is 5.10 Å². The zero-order chi connectivity index (χ0) is 21.9. The summed E-state index contributed by atoms with van der Waals surface area (Å²) in [6.45, 7) is 0.579. The number of carbonyl (C=O) groups excluding carboxylic acids is 2. The summed E-state index contributed by atoms with van der Waals surface area (Å²) in [6, 6.07) is 21.2. The van der Waals surface area contributed by atoms with Gasteiger partial charge in [0.15, 0.2) is 0 Å². The van der Waals surface area contributed by atoms with Gasteiger partial charge in [0.1, 0.15) is 5.69 Å². The van der Waals surface area contributed by atoms with E-state index in [0.29, 0.717) is 29.2 Å². The largest absolute Gasteiger partial charge is 0.326 e. The van der Waals surface area contributed by atoms with E-state index in [2.05, 4.69) is 10.6 Å². The minimum absolute atomic E-state index is 0.0376. The van der Waals surface area contributed by atoms with E-state index < -0.39 is 0 Å². The van der Waals surface area contributed by atoms with Crippen molar-refractivity contribution < 1.29 is 9.59 Å². The molecule has 2 N–H and O–H groups in total. The number of nitrogens with one attached hydrogen (secondary N) is 2. The Balaban J connectivity index is 1.38. The van der Waals surface area contributed by atoms with Crippen LogP contribution < -0.4 is 10.6 Å². The van der Waals surface area contributed by atoms with E-state index in [0.717, 1.165) is 23.3 Å². The first-order chi connectivity index (χ1) is 15.7. The summed E-state index contributed by atoms with van der Waals surface area (Å²) in [5.74, 6) is -0.0777. The number of anilines is 2. The average molecular weight is 443 g/mol. The van der Waals surface area contributed by atoms with Gasteiger partial charge in [-0.3, -0.25) is 14.3 Å². The number of hydrogen-bond donors (Lipinski definition) is 2. The van der Waals surface area contributed by atoms with Gasteiger partial charge in [-0.05, 0) is 48.1 Å². The van der Waals surface area contributed by atoms with Crippen molar-refractivity contribution in [1.29, 1.82) is 0 Å². The van der Waals surface area contributed by atoms with E-state index in [1.54, 1.807) is 28.3 Å². The Morgan fingerprint density at radius 1 is 0.969 bits per heavy atom. The highest BCUT2D eigenvalue weighted by molar-refractivity contribution is 7.13. The maximum absolute atomic E-state index is 13.2. The van der Waals surface area contributed by atoms with E-state index in [-0.39, 0.29) is 17.7 Å². The maximum Gasteiger partial charge on any atom is 0.259 e. The lowest BCUT2D eigenvalue weighted by Gasteiger charge is -2.08. The Morgan fingerprint density at radius 3 is 2.47 bits per heavy atom. The summed E-state index contributed by atoms with van der Waals surface area (Å²) < 4.78 is 1.80. The van der Waals surface area contributed by atoms with Crippen LogP contribution in [0.2, 0.25) is 0 Å². The van der Waals surface area contributed by atoms with Gasteiger partial charge < -0.3 is 10.6 Å². The van der Waals surface area contributed by atoms with Crippen LogP contribution in [-0.4, -0.2) is 21.6 Å². The summed E-state index contributed by atoms with van der Waals surface area (Å²) in [5.41, 5.74) is 3.58. The second kappa shape index (κ2) is 8.80. The van der Waals surface area contributed by atoms with Gasteiger partial charge in [-0.25, -0.2) is 0 Å². The van der Waals surface area contributed by atoms with Crippen molar-refractivity contribution >= 4 is 34.5 Å². The molecule has 2 amide bonds. The normalized spacial score (nSPS) is 13.0. The fourth-order valence-corrected chi connectivity index (χ4v) is 4.22. The molecular weight excluding hydrogens is 420 g/mol. The minimum atomic E-state index is -0.238. The van der Waals surface area contributed by atoms with Crippen LogP contribution >= 0.6 is 11.3 Å². The molecule has 0 saturated heterocycles. The van der Waals surface area contributed by atoms with Gasteiger partial charge >= 0.3 is 0 Å². The smallest absolute Gasteiger partial charge is 0.259 e. The number of rotatable bonds is 7. The first-order valence-electron chi connectivity index (χ1n) is 10.5. The molecule has 0 unspecified atom stereocenters. The lowest BCUT2D eigenvalue weighted by molar-refractivity contribution is -0.117. The molecule has 5 rings (SSSR count). The van der Waals surface area contributed by atoms with Crippen molar-refractivity contribution in [3.05, 3.63) is 89.4 Å². The van der Waals surface area contributed by atoms with Crippen LogP contribution in [0.4, 0.5) is 11.4 Å². The number of benzene rings is 2. The SMILES string of the molecule is O=C(Nc1cccc(NC(=O)C2CC2)c1)c1cn(Cc2ccccc2)nc1-c1cccs1. The number of amides is 2. The highest BCUT2D eigenvalue weighted by Gasteiger charge is 2.29. The third-order valence-corrected chi connectivity index (χ3v) is 6.16. The fraction of sp³-hybridized carbons (Fsp3) is 0.160. The molecule has 1 aliphatic carbocycles. The summed E-state index contributed by atoms with van der Waals surface area (Å²) >= 11 is 1.55. The second-order valence-electron chi connectivity index (χ2n) is 7.85. The Labute approximate surface area is 189 Å². The van der Waals surface area contributed by atoms with Crippen LogP contribution in [0.5, 0.6) is 0 Å². The molecule has 1 fully saturated rings. The first kappa shape index (κ1) is 20.2. The van der Waals surface area contributed by atoms with Crippen LogP contribution in [0.15, 0.2) is 78.3 Å². The van der Waals surface area contributed by atoms with Crippen molar-refractivity contribution in [2.45, 2.75) is 19.4 Å². The number of nitrogens with zero attached hydrogens (tertiary/aromatic N) is 2. The standard InChI is InChI=1S/C25H22N4O2S/c30-24(18-11-12-18)26-19-8-4-9-20(14-19)27-25(31)21-16-29(15-17-6-2-1-3-7-17)28-23(21)22-10-5-13-32-22/h1-10,13-14,16,18H,11-12,15H2,(H,26,30)(H,27,31). The van der Waals surface area contributed by atoms with E-state index in [4.69, 9.17) is 5.10 Å². The number of hydrogen-bond acceptors (Lipinski definition) is 4. The Hall–Kier alpha value is -3.71. The molecule has 2 aromatic carbocycles. The van der Waals surface area contributed by atoms with Crippen LogP contribution in [-0.2, 0) is 11.3 Å². The zero-order valence-corrected chi connectivity index (χ0v) is 18.1. The van der Waals surface area contributed by atoms with Crippen LogP contribution in [0, 0.1) is 5.92 Å². The summed E-state index contributed by atoms with van der Waals surface area (Å²) in [6.07, 6.45) is 3.68. The predicted octanol–water partition coefficient (Wildman–Crippen LogP) is 5.26. The van der Waals surface area contributed by atoms with Crippen molar-refractivity contribution in [2.75, 3.05) is 10.6 Å². The van der Waals surface area contributed by atoms with Gasteiger partial charge in [0.25, 0.3) is 5.91 Å². The molecule has 0 atom stereocenters. The molecule has 0 spiro atoms. The molecule has 1 aliphatic rings. The summed E-state index contributed by atoms with van der Waals surface area (Å²) in [7, 11) is 0. The van der Waals surface area contributed by atoms with Crippen LogP contribution in [0.1, 0.15) is 28.8 Å². The molecular formula is C25H22N4O2S. The lowest BCUT2D eigenvalue weighted by atomic mass is 10.2. The van der Waals surface area contributed by atoms with Crippen LogP contribution in [0.25, 0.3) is 10.6 Å². The number of aromatic nitrogens is 2. The third-order valence-electron chi connectivity index (χ3n) is 5.28. The average Bonchev–Trinajstić information content (AvgIpc) is 3.34. The molecule has 0 bridgehead atoms. The minimum Gasteiger partial charge on any atom is -0.326 e. The molecule has 0 radical (unpaired) electrons. The highest BCUT2D eigenvalue weighted by Crippen LogP contribution is 2.31.